The average molecular weight is 1020 g/mol. The van der Waals surface area contributed by atoms with Crippen LogP contribution in [0.15, 0.2) is 0 Å². The van der Waals surface area contributed by atoms with Gasteiger partial charge in [0.2, 0.25) is 0 Å². The topological polar surface area (TPSA) is 20.2 Å². The van der Waals surface area contributed by atoms with E-state index in [2.05, 4.69) is 13.8 Å². The van der Waals surface area contributed by atoms with Crippen molar-refractivity contribution >= 4 is 11.9 Å². The normalized spacial score (nSPS) is 8.33. The summed E-state index contributed by atoms with van der Waals surface area (Å²) < 4.78 is 3.16. The minimum absolute atomic E-state index is 0.578. The number of aliphatic hydroxyl groups is 1. The first kappa shape index (κ1) is 17.4. The Morgan fingerprint density at radius 1 is 1.08 bits per heavy atom. The van der Waals surface area contributed by atoms with Gasteiger partial charge in [-0.05, 0) is 0 Å². The van der Waals surface area contributed by atoms with E-state index in [4.69, 9.17) is 0 Å². The Kier molecular flexibility index (Phi) is 15.3. The Bertz CT molecular complexity index is 198. The fourth-order valence-corrected chi connectivity index (χ4v) is 2.97. The molecule has 0 spiro atoms. The summed E-state index contributed by atoms with van der Waals surface area (Å²) in [6.45, 7) is 4.34. The summed E-state index contributed by atoms with van der Waals surface area (Å²) >= 11 is 7.39. The zero-order chi connectivity index (χ0) is 10.3. The van der Waals surface area contributed by atoms with E-state index >= 15 is 0 Å². The summed E-state index contributed by atoms with van der Waals surface area (Å²) in [5, 5.41) is 9.17. The molecule has 68 valence electrons. The molecule has 0 aliphatic carbocycles. The van der Waals surface area contributed by atoms with E-state index in [0.29, 0.717) is 10.0 Å². The summed E-state index contributed by atoms with van der Waals surface area (Å²) in [5.74, 6) is 0.601. The maximum atomic E-state index is 9.17. The van der Waals surface area contributed by atoms with Crippen molar-refractivity contribution in [1.29, 1.82) is 0 Å². The fraction of sp³-hybridized carbons (Fsp3) is 0.500. The predicted molar refractivity (Wildman–Crippen MR) is 31.8 cm³/mol. The van der Waals surface area contributed by atoms with E-state index in [0.717, 1.165) is 0 Å². The number of rotatable bonds is 3. The molecule has 0 atom stereocenters. The van der Waals surface area contributed by atoms with E-state index < -0.39 is 0 Å². The van der Waals surface area contributed by atoms with Crippen molar-refractivity contribution < 1.29 is 95.6 Å². The van der Waals surface area contributed by atoms with E-state index in [1.807, 2.05) is 0 Å². The standard InChI is InChI=1S/C6H8O.5W/c1-6(2)4-3-5-7;;;;;/h6-7H,1-2H3;;;;;. The van der Waals surface area contributed by atoms with Gasteiger partial charge in [0.1, 0.15) is 0 Å². The number of aliphatic hydroxyl groups excluding tert-OH is 1. The van der Waals surface area contributed by atoms with Crippen molar-refractivity contribution in [1.82, 2.24) is 0 Å². The van der Waals surface area contributed by atoms with Gasteiger partial charge in [-0.25, -0.2) is 0 Å². The van der Waals surface area contributed by atoms with Gasteiger partial charge >= 0.3 is 127 Å². The van der Waals surface area contributed by atoms with Crippen LogP contribution >= 0.6 is 0 Å². The Morgan fingerprint density at radius 2 is 1.42 bits per heavy atom. The molecule has 1 N–H and O–H groups in total. The molecule has 0 saturated carbocycles. The molecule has 0 aliphatic rings. The molecular weight excluding hydrogens is 1010 g/mol. The average Bonchev–Trinajstić information content (AvgIpc) is 2.05. The Balaban J connectivity index is 0. The molecule has 0 bridgehead atoms. The molecule has 12 heavy (non-hydrogen) atoms. The van der Waals surface area contributed by atoms with E-state index in [-0.39, 0.29) is 0 Å². The van der Waals surface area contributed by atoms with Crippen LogP contribution in [0.25, 0.3) is 0 Å². The van der Waals surface area contributed by atoms with E-state index in [1.54, 1.807) is 32.4 Å². The van der Waals surface area contributed by atoms with Gasteiger partial charge in [-0.1, -0.05) is 0 Å². The minimum atomic E-state index is 0.578. The second-order valence-corrected chi connectivity index (χ2v) is 6.59. The molecular formula is C6H8OW5. The molecule has 0 fully saturated rings. The Hall–Kier alpha value is 3.01. The molecule has 0 amide bonds. The SMILES string of the molecule is CC(C)[C](=[W])[C](=[W])[C](O)=[W].[W]=[W]. The summed E-state index contributed by atoms with van der Waals surface area (Å²) in [5.41, 5.74) is 0. The van der Waals surface area contributed by atoms with Gasteiger partial charge in [0, 0.05) is 0 Å². The number of hydrogen-bond acceptors (Lipinski definition) is 1. The molecule has 0 aromatic heterocycles. The van der Waals surface area contributed by atoms with Crippen LogP contribution in [0.2, 0.25) is 0 Å². The predicted octanol–water partition coefficient (Wildman–Crippen LogP) is 0.125. The summed E-state index contributed by atoms with van der Waals surface area (Å²) in [4.78, 5) is 0. The molecule has 0 unspecified atom stereocenters. The van der Waals surface area contributed by atoms with Crippen molar-refractivity contribution in [2.24, 2.45) is 5.92 Å². The van der Waals surface area contributed by atoms with Crippen LogP contribution in [0.4, 0.5) is 0 Å². The van der Waals surface area contributed by atoms with Gasteiger partial charge in [-0.2, -0.15) is 0 Å². The third kappa shape index (κ3) is 8.33. The van der Waals surface area contributed by atoms with Crippen LogP contribution in [-0.4, -0.2) is 17.0 Å². The van der Waals surface area contributed by atoms with Gasteiger partial charge in [-0.15, -0.1) is 0 Å². The quantitative estimate of drug-likeness (QED) is 0.427. The molecule has 0 saturated heterocycles. The van der Waals surface area contributed by atoms with Crippen molar-refractivity contribution in [3.63, 3.8) is 0 Å². The van der Waals surface area contributed by atoms with Crippen LogP contribution in [0, 0.1) is 5.92 Å². The van der Waals surface area contributed by atoms with Gasteiger partial charge in [0.25, 0.3) is 0 Å². The van der Waals surface area contributed by atoms with E-state index in [1.165, 1.54) is 65.9 Å². The van der Waals surface area contributed by atoms with Gasteiger partial charge in [-0.3, -0.25) is 0 Å². The van der Waals surface area contributed by atoms with Crippen molar-refractivity contribution in [2.45, 2.75) is 13.8 Å². The molecule has 0 aliphatic heterocycles. The maximum absolute atomic E-state index is 9.17. The molecule has 0 radical (unpaired) electrons. The third-order valence-corrected chi connectivity index (χ3v) is 9.62. The molecule has 6 heteroatoms. The van der Waals surface area contributed by atoms with Crippen molar-refractivity contribution in [2.75, 3.05) is 0 Å². The zero-order valence-corrected chi connectivity index (χ0v) is 21.2. The fourth-order valence-electron chi connectivity index (χ4n) is 0.368. The molecule has 0 aromatic rings. The van der Waals surface area contributed by atoms with Crippen LogP contribution in [-0.2, 0) is 90.5 Å². The van der Waals surface area contributed by atoms with Crippen LogP contribution in [0.5, 0.6) is 0 Å². The second kappa shape index (κ2) is 10.5. The Morgan fingerprint density at radius 3 is 1.50 bits per heavy atom. The first-order valence-electron chi connectivity index (χ1n) is 2.95. The second-order valence-electron chi connectivity index (χ2n) is 2.15. The number of hydrogen-bond donors (Lipinski definition) is 1. The van der Waals surface area contributed by atoms with Crippen molar-refractivity contribution in [3.8, 4) is 0 Å². The molecule has 0 rings (SSSR count). The van der Waals surface area contributed by atoms with Crippen LogP contribution in [0.3, 0.4) is 0 Å². The summed E-state index contributed by atoms with van der Waals surface area (Å²) in [6, 6.07) is 0. The zero-order valence-electron chi connectivity index (χ0n) is 6.57. The molecule has 0 heterocycles. The van der Waals surface area contributed by atoms with Crippen molar-refractivity contribution in [3.05, 3.63) is 0 Å². The van der Waals surface area contributed by atoms with Gasteiger partial charge in [0.05, 0.1) is 0 Å². The third-order valence-electron chi connectivity index (χ3n) is 0.942. The molecule has 0 aromatic carbocycles. The van der Waals surface area contributed by atoms with Crippen LogP contribution < -0.4 is 0 Å². The van der Waals surface area contributed by atoms with Gasteiger partial charge < -0.3 is 0 Å². The van der Waals surface area contributed by atoms with Crippen LogP contribution in [0.1, 0.15) is 13.8 Å². The summed E-state index contributed by atoms with van der Waals surface area (Å²) in [7, 11) is 0. The van der Waals surface area contributed by atoms with E-state index in [9.17, 15) is 5.11 Å². The first-order valence-corrected chi connectivity index (χ1v) is 18.3. The summed E-state index contributed by atoms with van der Waals surface area (Å²) in [6.07, 6.45) is 0. The Labute approximate surface area is 125 Å². The molecule has 1 nitrogen and oxygen atoms in total. The van der Waals surface area contributed by atoms with Gasteiger partial charge in [0.15, 0.2) is 0 Å². The first-order chi connectivity index (χ1) is 5.46. The monoisotopic (exact) mass is 1020 g/mol.